The quantitative estimate of drug-likeness (QED) is 0.548. The van der Waals surface area contributed by atoms with Crippen LogP contribution in [0.25, 0.3) is 11.0 Å². The minimum Gasteiger partial charge on any atom is -0.394 e. The molecule has 114 valence electrons. The molecule has 2 aromatic rings. The van der Waals surface area contributed by atoms with E-state index in [9.17, 15) is 15.3 Å². The third-order valence-corrected chi connectivity index (χ3v) is 4.57. The molecule has 1 aliphatic heterocycles. The number of aliphatic hydroxyl groups is 3. The number of rotatable bonds is 3. The Bertz CT molecular complexity index is 660. The van der Waals surface area contributed by atoms with Gasteiger partial charge in [0.15, 0.2) is 6.23 Å². The number of aromatic nitrogens is 3. The number of nitrogens with zero attached hydrogens (tertiary/aromatic N) is 3. The molecule has 3 heterocycles. The van der Waals surface area contributed by atoms with Gasteiger partial charge in [0.1, 0.15) is 34.8 Å². The van der Waals surface area contributed by atoms with E-state index in [1.165, 1.54) is 25.0 Å². The second-order valence-corrected chi connectivity index (χ2v) is 6.02. The first kappa shape index (κ1) is 14.7. The van der Waals surface area contributed by atoms with E-state index in [-0.39, 0.29) is 6.61 Å². The second kappa shape index (κ2) is 5.22. The van der Waals surface area contributed by atoms with Crippen LogP contribution in [0.4, 0.5) is 0 Å². The molecule has 3 unspecified atom stereocenters. The summed E-state index contributed by atoms with van der Waals surface area (Å²) < 4.78 is 7.27. The van der Waals surface area contributed by atoms with E-state index in [0.29, 0.717) is 5.65 Å². The van der Waals surface area contributed by atoms with E-state index in [0.717, 1.165) is 10.4 Å². The monoisotopic (exact) mass is 311 g/mol. The van der Waals surface area contributed by atoms with Gasteiger partial charge >= 0.3 is 0 Å². The molecule has 0 amide bonds. The van der Waals surface area contributed by atoms with Gasteiger partial charge in [-0.2, -0.15) is 0 Å². The van der Waals surface area contributed by atoms with Crippen molar-refractivity contribution in [2.75, 3.05) is 12.9 Å². The Labute approximate surface area is 125 Å². The standard InChI is InChI=1S/C13H17N3O4S/c1-13(19)9(18)8(5-17)20-12(13)16-4-3-7-10(16)14-6-15-11(7)21-2/h3-4,6,8-9,12,17-19H,5H2,1-2H3/t8?,9?,12?,13-/m1/s1. The lowest BCUT2D eigenvalue weighted by Gasteiger charge is -2.27. The zero-order valence-electron chi connectivity index (χ0n) is 11.7. The van der Waals surface area contributed by atoms with Crippen LogP contribution in [-0.4, -0.2) is 60.5 Å². The van der Waals surface area contributed by atoms with Crippen LogP contribution < -0.4 is 0 Å². The lowest BCUT2D eigenvalue weighted by atomic mass is 9.96. The fraction of sp³-hybridized carbons (Fsp3) is 0.538. The molecule has 3 rings (SSSR count). The predicted molar refractivity (Wildman–Crippen MR) is 76.9 cm³/mol. The Morgan fingerprint density at radius 2 is 2.24 bits per heavy atom. The van der Waals surface area contributed by atoms with Gasteiger partial charge < -0.3 is 24.6 Å². The Kier molecular flexibility index (Phi) is 3.66. The molecular formula is C13H17N3O4S. The van der Waals surface area contributed by atoms with Crippen molar-refractivity contribution in [1.82, 2.24) is 14.5 Å². The van der Waals surface area contributed by atoms with Crippen molar-refractivity contribution >= 4 is 22.8 Å². The molecule has 1 aliphatic rings. The van der Waals surface area contributed by atoms with E-state index in [2.05, 4.69) is 9.97 Å². The molecule has 21 heavy (non-hydrogen) atoms. The molecule has 0 bridgehead atoms. The lowest BCUT2D eigenvalue weighted by molar-refractivity contribution is -0.0948. The molecule has 7 nitrogen and oxygen atoms in total. The summed E-state index contributed by atoms with van der Waals surface area (Å²) in [4.78, 5) is 8.43. The van der Waals surface area contributed by atoms with E-state index in [4.69, 9.17) is 4.74 Å². The van der Waals surface area contributed by atoms with Crippen LogP contribution in [0.15, 0.2) is 23.6 Å². The molecule has 1 fully saturated rings. The smallest absolute Gasteiger partial charge is 0.167 e. The average Bonchev–Trinajstić information content (AvgIpc) is 2.99. The van der Waals surface area contributed by atoms with Gasteiger partial charge in [-0.25, -0.2) is 9.97 Å². The topological polar surface area (TPSA) is 101 Å². The lowest BCUT2D eigenvalue weighted by Crippen LogP contribution is -2.44. The minimum absolute atomic E-state index is 0.363. The first-order chi connectivity index (χ1) is 10.0. The van der Waals surface area contributed by atoms with Crippen molar-refractivity contribution < 1.29 is 20.1 Å². The van der Waals surface area contributed by atoms with Crippen LogP contribution in [-0.2, 0) is 4.74 Å². The molecular weight excluding hydrogens is 294 g/mol. The van der Waals surface area contributed by atoms with Crippen LogP contribution in [0.1, 0.15) is 13.2 Å². The zero-order chi connectivity index (χ0) is 15.2. The molecule has 0 aromatic carbocycles. The normalized spacial score (nSPS) is 32.9. The van der Waals surface area contributed by atoms with Gasteiger partial charge in [-0.15, -0.1) is 11.8 Å². The Morgan fingerprint density at radius 3 is 2.86 bits per heavy atom. The largest absolute Gasteiger partial charge is 0.394 e. The van der Waals surface area contributed by atoms with Gasteiger partial charge in [-0.1, -0.05) is 0 Å². The number of thioether (sulfide) groups is 1. The van der Waals surface area contributed by atoms with E-state index < -0.39 is 24.0 Å². The maximum Gasteiger partial charge on any atom is 0.167 e. The summed E-state index contributed by atoms with van der Waals surface area (Å²) >= 11 is 1.50. The highest BCUT2D eigenvalue weighted by Gasteiger charge is 2.53. The van der Waals surface area contributed by atoms with Crippen LogP contribution in [0.5, 0.6) is 0 Å². The minimum atomic E-state index is -1.52. The van der Waals surface area contributed by atoms with Crippen molar-refractivity contribution in [1.29, 1.82) is 0 Å². The molecule has 0 spiro atoms. The van der Waals surface area contributed by atoms with E-state index in [1.54, 1.807) is 10.8 Å². The molecule has 3 N–H and O–H groups in total. The van der Waals surface area contributed by atoms with Crippen molar-refractivity contribution in [3.05, 3.63) is 18.6 Å². The SMILES string of the molecule is CSc1ncnc2c1ccn2C1OC(CO)C(O)[C@@]1(C)O. The molecule has 0 saturated carbocycles. The first-order valence-corrected chi connectivity index (χ1v) is 7.75. The molecule has 2 aromatic heterocycles. The maximum atomic E-state index is 10.5. The van der Waals surface area contributed by atoms with Crippen LogP contribution in [0, 0.1) is 0 Å². The van der Waals surface area contributed by atoms with E-state index in [1.807, 2.05) is 12.3 Å². The predicted octanol–water partition coefficient (Wildman–Crippen LogP) is 0.155. The fourth-order valence-corrected chi connectivity index (χ4v) is 3.22. The molecule has 8 heteroatoms. The van der Waals surface area contributed by atoms with Gasteiger partial charge in [-0.3, -0.25) is 0 Å². The first-order valence-electron chi connectivity index (χ1n) is 6.53. The molecule has 0 aliphatic carbocycles. The Balaban J connectivity index is 2.09. The number of hydrogen-bond acceptors (Lipinski definition) is 7. The van der Waals surface area contributed by atoms with Gasteiger partial charge in [0.25, 0.3) is 0 Å². The number of hydrogen-bond donors (Lipinski definition) is 3. The third-order valence-electron chi connectivity index (χ3n) is 3.85. The highest BCUT2D eigenvalue weighted by molar-refractivity contribution is 7.98. The van der Waals surface area contributed by atoms with Gasteiger partial charge in [0.2, 0.25) is 0 Å². The molecule has 4 atom stereocenters. The molecule has 0 radical (unpaired) electrons. The highest BCUT2D eigenvalue weighted by Crippen LogP contribution is 2.40. The Morgan fingerprint density at radius 1 is 1.48 bits per heavy atom. The van der Waals surface area contributed by atoms with Crippen molar-refractivity contribution in [3.63, 3.8) is 0 Å². The number of ether oxygens (including phenoxy) is 1. The number of aliphatic hydroxyl groups excluding tert-OH is 2. The maximum absolute atomic E-state index is 10.5. The summed E-state index contributed by atoms with van der Waals surface area (Å²) in [6.45, 7) is 1.12. The van der Waals surface area contributed by atoms with Gasteiger partial charge in [0.05, 0.1) is 12.0 Å². The summed E-state index contributed by atoms with van der Waals surface area (Å²) in [6, 6.07) is 1.85. The second-order valence-electron chi connectivity index (χ2n) is 5.22. The summed E-state index contributed by atoms with van der Waals surface area (Å²) in [6.07, 6.45) is 2.29. The van der Waals surface area contributed by atoms with Crippen molar-refractivity contribution in [2.24, 2.45) is 0 Å². The molecule has 1 saturated heterocycles. The van der Waals surface area contributed by atoms with Crippen LogP contribution in [0.2, 0.25) is 0 Å². The fourth-order valence-electron chi connectivity index (χ4n) is 2.69. The van der Waals surface area contributed by atoms with Crippen LogP contribution >= 0.6 is 11.8 Å². The summed E-state index contributed by atoms with van der Waals surface area (Å²) in [7, 11) is 0. The van der Waals surface area contributed by atoms with Crippen LogP contribution in [0.3, 0.4) is 0 Å². The number of fused-ring (bicyclic) bond motifs is 1. The van der Waals surface area contributed by atoms with Gasteiger partial charge in [0, 0.05) is 6.20 Å². The van der Waals surface area contributed by atoms with Crippen molar-refractivity contribution in [3.8, 4) is 0 Å². The summed E-state index contributed by atoms with van der Waals surface area (Å²) in [5.41, 5.74) is -0.908. The summed E-state index contributed by atoms with van der Waals surface area (Å²) in [5.74, 6) is 0. The highest BCUT2D eigenvalue weighted by atomic mass is 32.2. The summed E-state index contributed by atoms with van der Waals surface area (Å²) in [5, 5.41) is 31.5. The zero-order valence-corrected chi connectivity index (χ0v) is 12.5. The van der Waals surface area contributed by atoms with E-state index >= 15 is 0 Å². The average molecular weight is 311 g/mol. The van der Waals surface area contributed by atoms with Crippen molar-refractivity contribution in [2.45, 2.75) is 36.0 Å². The Hall–Kier alpha value is -1.19. The third kappa shape index (κ3) is 2.14. The van der Waals surface area contributed by atoms with Gasteiger partial charge in [-0.05, 0) is 19.2 Å².